The van der Waals surface area contributed by atoms with E-state index in [9.17, 15) is 5.11 Å². The van der Waals surface area contributed by atoms with E-state index in [-0.39, 0.29) is 0 Å². The minimum atomic E-state index is -0.713. The Bertz CT molecular complexity index is 271. The molecule has 1 unspecified atom stereocenters. The molecule has 0 aliphatic heterocycles. The summed E-state index contributed by atoms with van der Waals surface area (Å²) in [5.74, 6) is 0. The van der Waals surface area contributed by atoms with Gasteiger partial charge in [-0.25, -0.2) is 0 Å². The molecule has 0 saturated carbocycles. The molecule has 0 radical (unpaired) electrons. The maximum atomic E-state index is 9.92. The normalized spacial score (nSPS) is 28.9. The Morgan fingerprint density at radius 3 is 3.27 bits per heavy atom. The van der Waals surface area contributed by atoms with Crippen molar-refractivity contribution in [1.82, 2.24) is 0 Å². The fraction of sp³-hybridized carbons (Fsp3) is 0.500. The minimum absolute atomic E-state index is 0.344. The first-order chi connectivity index (χ1) is 5.26. The Labute approximate surface area is 69.7 Å². The largest absolute Gasteiger partial charge is 0.384 e. The van der Waals surface area contributed by atoms with E-state index in [4.69, 9.17) is 5.73 Å². The first kappa shape index (κ1) is 7.28. The molecule has 2 nitrogen and oxygen atoms in total. The lowest BCUT2D eigenvalue weighted by Crippen LogP contribution is -2.31. The molecule has 1 heterocycles. The predicted molar refractivity (Wildman–Crippen MR) is 45.6 cm³/mol. The number of thiophene rings is 1. The molecule has 1 aliphatic rings. The van der Waals surface area contributed by atoms with Crippen LogP contribution < -0.4 is 5.73 Å². The van der Waals surface area contributed by atoms with Crippen LogP contribution in [-0.2, 0) is 12.0 Å². The van der Waals surface area contributed by atoms with Gasteiger partial charge in [-0.15, -0.1) is 11.3 Å². The smallest absolute Gasteiger partial charge is 0.103 e. The maximum absolute atomic E-state index is 9.92. The molecule has 0 amide bonds. The molecule has 2 rings (SSSR count). The summed E-state index contributed by atoms with van der Waals surface area (Å²) >= 11 is 1.71. The third-order valence-electron chi connectivity index (χ3n) is 2.35. The van der Waals surface area contributed by atoms with Crippen LogP contribution in [0.1, 0.15) is 16.9 Å². The Morgan fingerprint density at radius 1 is 1.73 bits per heavy atom. The number of hydrogen-bond acceptors (Lipinski definition) is 3. The van der Waals surface area contributed by atoms with Crippen molar-refractivity contribution < 1.29 is 5.11 Å². The van der Waals surface area contributed by atoms with Gasteiger partial charge in [0.05, 0.1) is 0 Å². The Kier molecular flexibility index (Phi) is 1.52. The van der Waals surface area contributed by atoms with E-state index < -0.39 is 5.60 Å². The summed E-state index contributed by atoms with van der Waals surface area (Å²) in [6.45, 7) is 0.344. The number of aliphatic hydroxyl groups is 1. The summed E-state index contributed by atoms with van der Waals surface area (Å²) < 4.78 is 0. The summed E-state index contributed by atoms with van der Waals surface area (Å²) in [6, 6.07) is 1.99. The summed E-state index contributed by atoms with van der Waals surface area (Å²) in [5, 5.41) is 11.9. The van der Waals surface area contributed by atoms with Crippen LogP contribution in [0.5, 0.6) is 0 Å². The molecule has 1 atom stereocenters. The Morgan fingerprint density at radius 2 is 2.55 bits per heavy atom. The number of rotatable bonds is 1. The second-order valence-electron chi connectivity index (χ2n) is 2.99. The molecule has 0 fully saturated rings. The van der Waals surface area contributed by atoms with Gasteiger partial charge in [0.1, 0.15) is 5.60 Å². The van der Waals surface area contributed by atoms with E-state index in [1.54, 1.807) is 11.3 Å². The van der Waals surface area contributed by atoms with Crippen LogP contribution in [0.15, 0.2) is 11.4 Å². The van der Waals surface area contributed by atoms with Crippen LogP contribution in [0.25, 0.3) is 0 Å². The van der Waals surface area contributed by atoms with Gasteiger partial charge in [-0.05, 0) is 29.9 Å². The first-order valence-electron chi connectivity index (χ1n) is 3.75. The van der Waals surface area contributed by atoms with E-state index in [0.29, 0.717) is 6.54 Å². The number of fused-ring (bicyclic) bond motifs is 1. The fourth-order valence-corrected chi connectivity index (χ4v) is 2.59. The zero-order valence-electron chi connectivity index (χ0n) is 6.21. The third-order valence-corrected chi connectivity index (χ3v) is 3.33. The highest BCUT2D eigenvalue weighted by molar-refractivity contribution is 7.10. The van der Waals surface area contributed by atoms with Gasteiger partial charge >= 0.3 is 0 Å². The standard InChI is InChI=1S/C8H11NOS/c9-5-8(10)3-1-7-6(8)2-4-11-7/h2,4,10H,1,3,5,9H2. The second-order valence-corrected chi connectivity index (χ2v) is 3.99. The molecule has 1 aromatic rings. The number of aryl methyl sites for hydroxylation is 1. The monoisotopic (exact) mass is 169 g/mol. The molecule has 0 bridgehead atoms. The van der Waals surface area contributed by atoms with Crippen molar-refractivity contribution in [3.8, 4) is 0 Å². The van der Waals surface area contributed by atoms with Crippen LogP contribution >= 0.6 is 11.3 Å². The van der Waals surface area contributed by atoms with Gasteiger partial charge in [0, 0.05) is 11.4 Å². The van der Waals surface area contributed by atoms with E-state index in [1.807, 2.05) is 11.4 Å². The molecule has 11 heavy (non-hydrogen) atoms. The topological polar surface area (TPSA) is 46.2 Å². The number of nitrogens with two attached hydrogens (primary N) is 1. The quantitative estimate of drug-likeness (QED) is 0.654. The average molecular weight is 169 g/mol. The highest BCUT2D eigenvalue weighted by atomic mass is 32.1. The molecule has 1 aliphatic carbocycles. The van der Waals surface area contributed by atoms with Crippen LogP contribution in [0.2, 0.25) is 0 Å². The van der Waals surface area contributed by atoms with Crippen molar-refractivity contribution in [2.45, 2.75) is 18.4 Å². The van der Waals surface area contributed by atoms with E-state index in [0.717, 1.165) is 18.4 Å². The first-order valence-corrected chi connectivity index (χ1v) is 4.63. The van der Waals surface area contributed by atoms with Gasteiger partial charge < -0.3 is 10.8 Å². The molecule has 0 saturated heterocycles. The summed E-state index contributed by atoms with van der Waals surface area (Å²) in [5.41, 5.74) is 5.84. The molecular weight excluding hydrogens is 158 g/mol. The maximum Gasteiger partial charge on any atom is 0.103 e. The van der Waals surface area contributed by atoms with E-state index >= 15 is 0 Å². The van der Waals surface area contributed by atoms with Gasteiger partial charge in [0.15, 0.2) is 0 Å². The van der Waals surface area contributed by atoms with Crippen molar-refractivity contribution in [2.24, 2.45) is 5.73 Å². The van der Waals surface area contributed by atoms with Crippen molar-refractivity contribution in [2.75, 3.05) is 6.54 Å². The van der Waals surface area contributed by atoms with Crippen LogP contribution in [0.3, 0.4) is 0 Å². The van der Waals surface area contributed by atoms with Gasteiger partial charge in [0.25, 0.3) is 0 Å². The predicted octanol–water partition coefficient (Wildman–Crippen LogP) is 0.841. The van der Waals surface area contributed by atoms with E-state index in [1.165, 1.54) is 4.88 Å². The molecule has 0 spiro atoms. The van der Waals surface area contributed by atoms with Gasteiger partial charge in [-0.2, -0.15) is 0 Å². The number of hydrogen-bond donors (Lipinski definition) is 2. The third kappa shape index (κ3) is 0.922. The Balaban J connectivity index is 2.45. The van der Waals surface area contributed by atoms with Crippen molar-refractivity contribution in [3.05, 3.63) is 21.9 Å². The zero-order chi connectivity index (χ0) is 7.90. The molecule has 0 aromatic carbocycles. The summed E-state index contributed by atoms with van der Waals surface area (Å²) in [6.07, 6.45) is 1.78. The lowest BCUT2D eigenvalue weighted by Gasteiger charge is -2.19. The van der Waals surface area contributed by atoms with Crippen molar-refractivity contribution in [1.29, 1.82) is 0 Å². The molecule has 1 aromatic heterocycles. The lowest BCUT2D eigenvalue weighted by atomic mass is 9.99. The van der Waals surface area contributed by atoms with Crippen molar-refractivity contribution in [3.63, 3.8) is 0 Å². The summed E-state index contributed by atoms with van der Waals surface area (Å²) in [7, 11) is 0. The van der Waals surface area contributed by atoms with Gasteiger partial charge in [0.2, 0.25) is 0 Å². The Hall–Kier alpha value is -0.380. The van der Waals surface area contributed by atoms with Crippen LogP contribution in [-0.4, -0.2) is 11.7 Å². The molecule has 60 valence electrons. The molecule has 3 N–H and O–H groups in total. The van der Waals surface area contributed by atoms with Crippen LogP contribution in [0, 0.1) is 0 Å². The van der Waals surface area contributed by atoms with Gasteiger partial charge in [-0.1, -0.05) is 0 Å². The van der Waals surface area contributed by atoms with Gasteiger partial charge in [-0.3, -0.25) is 0 Å². The van der Waals surface area contributed by atoms with Crippen molar-refractivity contribution >= 4 is 11.3 Å². The SMILES string of the molecule is NCC1(O)CCc2sccc21. The zero-order valence-corrected chi connectivity index (χ0v) is 7.03. The minimum Gasteiger partial charge on any atom is -0.384 e. The fourth-order valence-electron chi connectivity index (χ4n) is 1.62. The van der Waals surface area contributed by atoms with E-state index in [2.05, 4.69) is 0 Å². The highest BCUT2D eigenvalue weighted by Crippen LogP contribution is 2.38. The van der Waals surface area contributed by atoms with Crippen LogP contribution in [0.4, 0.5) is 0 Å². The summed E-state index contributed by atoms with van der Waals surface area (Å²) in [4.78, 5) is 1.30. The highest BCUT2D eigenvalue weighted by Gasteiger charge is 2.35. The molecular formula is C8H11NOS. The average Bonchev–Trinajstić information content (AvgIpc) is 2.55. The lowest BCUT2D eigenvalue weighted by molar-refractivity contribution is 0.0482. The second kappa shape index (κ2) is 2.30. The molecule has 3 heteroatoms.